The molecule has 3 rings (SSSR count). The fourth-order valence-electron chi connectivity index (χ4n) is 4.40. The van der Waals surface area contributed by atoms with Gasteiger partial charge in [0.15, 0.2) is 5.96 Å². The predicted molar refractivity (Wildman–Crippen MR) is 130 cm³/mol. The number of piperazine rings is 1. The van der Waals surface area contributed by atoms with E-state index in [2.05, 4.69) is 41.1 Å². The van der Waals surface area contributed by atoms with Crippen molar-refractivity contribution in [2.45, 2.75) is 59.1 Å². The lowest BCUT2D eigenvalue weighted by molar-refractivity contribution is -0.135. The lowest BCUT2D eigenvalue weighted by Gasteiger charge is -2.39. The van der Waals surface area contributed by atoms with Crippen molar-refractivity contribution in [2.75, 3.05) is 52.4 Å². The Kier molecular flexibility index (Phi) is 9.21. The Morgan fingerprint density at radius 3 is 2.25 bits per heavy atom. The summed E-state index contributed by atoms with van der Waals surface area (Å²) in [6, 6.07) is 8.29. The molecule has 32 heavy (non-hydrogen) atoms. The van der Waals surface area contributed by atoms with Crippen molar-refractivity contribution < 1.29 is 9.53 Å². The first-order valence-electron chi connectivity index (χ1n) is 12.3. The van der Waals surface area contributed by atoms with Crippen molar-refractivity contribution in [3.05, 3.63) is 29.8 Å². The summed E-state index contributed by atoms with van der Waals surface area (Å²) in [7, 11) is 0. The minimum Gasteiger partial charge on any atom is -0.491 e. The van der Waals surface area contributed by atoms with Crippen LogP contribution in [0.25, 0.3) is 0 Å². The third kappa shape index (κ3) is 6.86. The van der Waals surface area contributed by atoms with Gasteiger partial charge in [-0.25, -0.2) is 0 Å². The number of benzene rings is 1. The van der Waals surface area contributed by atoms with Crippen LogP contribution in [0.1, 0.15) is 46.1 Å². The van der Waals surface area contributed by atoms with Gasteiger partial charge in [0.2, 0.25) is 5.91 Å². The van der Waals surface area contributed by atoms with Gasteiger partial charge in [0.05, 0.1) is 12.1 Å². The van der Waals surface area contributed by atoms with Gasteiger partial charge in [-0.05, 0) is 64.7 Å². The van der Waals surface area contributed by atoms with E-state index in [1.807, 2.05) is 30.9 Å². The van der Waals surface area contributed by atoms with Gasteiger partial charge >= 0.3 is 0 Å². The largest absolute Gasteiger partial charge is 0.491 e. The molecule has 2 aliphatic rings. The van der Waals surface area contributed by atoms with Gasteiger partial charge < -0.3 is 19.9 Å². The summed E-state index contributed by atoms with van der Waals surface area (Å²) in [6.45, 7) is 15.3. The second kappa shape index (κ2) is 12.1. The Morgan fingerprint density at radius 2 is 1.66 bits per heavy atom. The third-order valence-corrected chi connectivity index (χ3v) is 6.23. The first-order valence-corrected chi connectivity index (χ1v) is 12.3. The minimum absolute atomic E-state index is 0.0302. The molecule has 0 aliphatic carbocycles. The summed E-state index contributed by atoms with van der Waals surface area (Å²) in [4.78, 5) is 24.3. The maximum absolute atomic E-state index is 12.7. The van der Waals surface area contributed by atoms with Crippen LogP contribution in [0.5, 0.6) is 5.75 Å². The van der Waals surface area contributed by atoms with Crippen molar-refractivity contribution in [1.29, 1.82) is 0 Å². The van der Waals surface area contributed by atoms with Crippen molar-refractivity contribution >= 4 is 11.9 Å². The fourth-order valence-corrected chi connectivity index (χ4v) is 4.40. The van der Waals surface area contributed by atoms with Crippen LogP contribution in [-0.4, -0.2) is 91.1 Å². The quantitative estimate of drug-likeness (QED) is 0.494. The Bertz CT molecular complexity index is 735. The van der Waals surface area contributed by atoms with E-state index < -0.39 is 0 Å². The molecule has 2 fully saturated rings. The Hall–Kier alpha value is -2.28. The fraction of sp³-hybridized carbons (Fsp3) is 0.680. The minimum atomic E-state index is -0.0302. The van der Waals surface area contributed by atoms with Gasteiger partial charge in [-0.15, -0.1) is 0 Å². The monoisotopic (exact) mass is 443 g/mol. The second-order valence-electron chi connectivity index (χ2n) is 9.03. The van der Waals surface area contributed by atoms with E-state index in [-0.39, 0.29) is 12.1 Å². The molecule has 178 valence electrons. The summed E-state index contributed by atoms with van der Waals surface area (Å²) in [5.74, 6) is 2.18. The van der Waals surface area contributed by atoms with E-state index in [0.29, 0.717) is 5.91 Å². The molecule has 1 atom stereocenters. The van der Waals surface area contributed by atoms with Gasteiger partial charge in [-0.1, -0.05) is 12.1 Å². The highest BCUT2D eigenvalue weighted by molar-refractivity contribution is 5.82. The molecule has 2 saturated heterocycles. The maximum Gasteiger partial charge on any atom is 0.239 e. The molecule has 1 unspecified atom stereocenters. The Morgan fingerprint density at radius 1 is 1.00 bits per heavy atom. The van der Waals surface area contributed by atoms with E-state index >= 15 is 0 Å². The van der Waals surface area contributed by atoms with E-state index in [4.69, 9.17) is 9.73 Å². The van der Waals surface area contributed by atoms with Gasteiger partial charge in [0, 0.05) is 52.4 Å². The highest BCUT2D eigenvalue weighted by Crippen LogP contribution is 2.15. The zero-order valence-corrected chi connectivity index (χ0v) is 20.3. The number of nitrogens with one attached hydrogen (secondary N) is 1. The summed E-state index contributed by atoms with van der Waals surface area (Å²) in [6.07, 6.45) is 3.38. The number of aliphatic imine (C=N–C) groups is 1. The van der Waals surface area contributed by atoms with E-state index in [9.17, 15) is 4.79 Å². The number of carbonyl (C=O) groups excluding carboxylic acids is 1. The Balaban J connectivity index is 1.49. The summed E-state index contributed by atoms with van der Waals surface area (Å²) < 4.78 is 5.72. The van der Waals surface area contributed by atoms with Crippen LogP contribution in [0, 0.1) is 0 Å². The number of carbonyl (C=O) groups is 1. The van der Waals surface area contributed by atoms with Crippen LogP contribution in [0.4, 0.5) is 0 Å². The van der Waals surface area contributed by atoms with Crippen LogP contribution >= 0.6 is 0 Å². The first kappa shape index (κ1) is 24.4. The van der Waals surface area contributed by atoms with Crippen LogP contribution in [0.15, 0.2) is 29.3 Å². The van der Waals surface area contributed by atoms with E-state index in [1.54, 1.807) is 0 Å². The Labute approximate surface area is 193 Å². The van der Waals surface area contributed by atoms with Gasteiger partial charge in [0.1, 0.15) is 5.75 Å². The normalized spacial score (nSPS) is 18.8. The SMILES string of the molecule is CCNC(=NCCc1ccc(OC(C)C)cc1)N1CCN(C(C)C(=O)N2CCCC2)CC1. The van der Waals surface area contributed by atoms with E-state index in [0.717, 1.165) is 83.3 Å². The number of hydrogen-bond donors (Lipinski definition) is 1. The molecule has 0 saturated carbocycles. The lowest BCUT2D eigenvalue weighted by Crippen LogP contribution is -2.57. The summed E-state index contributed by atoms with van der Waals surface area (Å²) >= 11 is 0. The number of hydrogen-bond acceptors (Lipinski definition) is 4. The predicted octanol–water partition coefficient (Wildman–Crippen LogP) is 2.61. The molecule has 1 aromatic carbocycles. The molecular formula is C25H41N5O2. The third-order valence-electron chi connectivity index (χ3n) is 6.23. The average Bonchev–Trinajstić information content (AvgIpc) is 3.33. The highest BCUT2D eigenvalue weighted by Gasteiger charge is 2.30. The molecule has 2 heterocycles. The molecule has 1 aromatic rings. The standard InChI is InChI=1S/C25H41N5O2/c1-5-26-25(27-13-12-22-8-10-23(11-9-22)32-20(2)3)30-18-16-28(17-19-30)21(4)24(31)29-14-6-7-15-29/h8-11,20-21H,5-7,12-19H2,1-4H3,(H,26,27). The zero-order valence-electron chi connectivity index (χ0n) is 20.3. The molecule has 1 N–H and O–H groups in total. The van der Waals surface area contributed by atoms with Crippen LogP contribution in [-0.2, 0) is 11.2 Å². The van der Waals surface area contributed by atoms with Crippen molar-refractivity contribution in [3.63, 3.8) is 0 Å². The number of nitrogens with zero attached hydrogens (tertiary/aromatic N) is 4. The number of ether oxygens (including phenoxy) is 1. The van der Waals surface area contributed by atoms with Crippen molar-refractivity contribution in [1.82, 2.24) is 20.0 Å². The van der Waals surface area contributed by atoms with Gasteiger partial charge in [-0.2, -0.15) is 0 Å². The number of rotatable bonds is 8. The van der Waals surface area contributed by atoms with Crippen molar-refractivity contribution in [3.8, 4) is 5.75 Å². The average molecular weight is 444 g/mol. The molecule has 0 bridgehead atoms. The summed E-state index contributed by atoms with van der Waals surface area (Å²) in [5.41, 5.74) is 1.26. The van der Waals surface area contributed by atoms with Crippen LogP contribution < -0.4 is 10.1 Å². The summed E-state index contributed by atoms with van der Waals surface area (Å²) in [5, 5.41) is 3.44. The highest BCUT2D eigenvalue weighted by atomic mass is 16.5. The van der Waals surface area contributed by atoms with Crippen LogP contribution in [0.2, 0.25) is 0 Å². The smallest absolute Gasteiger partial charge is 0.239 e. The molecule has 7 nitrogen and oxygen atoms in total. The number of guanidine groups is 1. The molecule has 7 heteroatoms. The molecule has 0 radical (unpaired) electrons. The number of likely N-dealkylation sites (tertiary alicyclic amines) is 1. The molecule has 1 amide bonds. The lowest BCUT2D eigenvalue weighted by atomic mass is 10.1. The molecule has 0 aromatic heterocycles. The van der Waals surface area contributed by atoms with Crippen molar-refractivity contribution in [2.24, 2.45) is 4.99 Å². The topological polar surface area (TPSA) is 60.4 Å². The molecular weight excluding hydrogens is 402 g/mol. The van der Waals surface area contributed by atoms with E-state index in [1.165, 1.54) is 5.56 Å². The first-order chi connectivity index (χ1) is 15.5. The molecule has 2 aliphatic heterocycles. The van der Waals surface area contributed by atoms with Crippen LogP contribution in [0.3, 0.4) is 0 Å². The molecule has 0 spiro atoms. The second-order valence-corrected chi connectivity index (χ2v) is 9.03. The van der Waals surface area contributed by atoms with Gasteiger partial charge in [0.25, 0.3) is 0 Å². The number of amides is 1. The maximum atomic E-state index is 12.7. The van der Waals surface area contributed by atoms with Gasteiger partial charge in [-0.3, -0.25) is 14.7 Å². The zero-order chi connectivity index (χ0) is 22.9.